The number of hydrogen-bond acceptors (Lipinski definition) is 1. The molecule has 1 aliphatic carbocycles. The van der Waals surface area contributed by atoms with Crippen molar-refractivity contribution < 1.29 is 4.79 Å². The number of carbonyl (C=O) groups excluding carboxylic acids is 1. The summed E-state index contributed by atoms with van der Waals surface area (Å²) in [6, 6.07) is 0. The van der Waals surface area contributed by atoms with Crippen LogP contribution in [0.4, 0.5) is 0 Å². The Bertz CT molecular complexity index is 209. The second-order valence-electron chi connectivity index (χ2n) is 3.26. The third-order valence-corrected chi connectivity index (χ3v) is 2.11. The molecule has 0 aromatic rings. The number of rotatable bonds is 2. The molecule has 1 nitrogen and oxygen atoms in total. The van der Waals surface area contributed by atoms with E-state index in [9.17, 15) is 4.79 Å². The summed E-state index contributed by atoms with van der Waals surface area (Å²) >= 11 is 0. The molecule has 0 fully saturated rings. The van der Waals surface area contributed by atoms with E-state index in [4.69, 9.17) is 0 Å². The maximum Gasteiger partial charge on any atom is 0.146 e. The van der Waals surface area contributed by atoms with E-state index >= 15 is 0 Å². The van der Waals surface area contributed by atoms with Crippen LogP contribution < -0.4 is 0 Å². The van der Waals surface area contributed by atoms with Gasteiger partial charge in [-0.2, -0.15) is 0 Å². The zero-order valence-corrected chi connectivity index (χ0v) is 7.13. The molecule has 60 valence electrons. The van der Waals surface area contributed by atoms with Gasteiger partial charge in [-0.1, -0.05) is 31.6 Å². The van der Waals surface area contributed by atoms with Crippen molar-refractivity contribution in [1.82, 2.24) is 0 Å². The van der Waals surface area contributed by atoms with Crippen molar-refractivity contribution in [2.45, 2.75) is 26.7 Å². The molecule has 1 aliphatic rings. The molecule has 0 aromatic carbocycles. The van der Waals surface area contributed by atoms with Crippen molar-refractivity contribution in [2.24, 2.45) is 5.92 Å². The fourth-order valence-corrected chi connectivity index (χ4v) is 1.25. The zero-order chi connectivity index (χ0) is 8.27. The summed E-state index contributed by atoms with van der Waals surface area (Å²) in [5.74, 6) is 0.624. The number of carbonyl (C=O) groups is 1. The summed E-state index contributed by atoms with van der Waals surface area (Å²) in [4.78, 5) is 10.3. The highest BCUT2D eigenvalue weighted by atomic mass is 16.1. The monoisotopic (exact) mass is 150 g/mol. The van der Waals surface area contributed by atoms with Crippen LogP contribution in [0.15, 0.2) is 23.3 Å². The fraction of sp³-hybridized carbons (Fsp3) is 0.500. The minimum atomic E-state index is 0.624. The Hall–Kier alpha value is -0.850. The molecule has 0 unspecified atom stereocenters. The molecule has 1 heteroatoms. The van der Waals surface area contributed by atoms with Crippen LogP contribution in [-0.2, 0) is 4.79 Å². The average Bonchev–Trinajstić information content (AvgIpc) is 2.05. The van der Waals surface area contributed by atoms with Crippen LogP contribution in [0.25, 0.3) is 0 Å². The van der Waals surface area contributed by atoms with Gasteiger partial charge in [-0.25, -0.2) is 0 Å². The number of hydrogen-bond donors (Lipinski definition) is 0. The van der Waals surface area contributed by atoms with Crippen LogP contribution in [0, 0.1) is 5.92 Å². The maximum absolute atomic E-state index is 10.3. The van der Waals surface area contributed by atoms with Crippen LogP contribution in [-0.4, -0.2) is 6.29 Å². The van der Waals surface area contributed by atoms with E-state index in [-0.39, 0.29) is 0 Å². The van der Waals surface area contributed by atoms with E-state index in [1.54, 1.807) is 0 Å². The van der Waals surface area contributed by atoms with Crippen molar-refractivity contribution in [1.29, 1.82) is 0 Å². The lowest BCUT2D eigenvalue weighted by Crippen LogP contribution is -1.99. The molecule has 0 heterocycles. The van der Waals surface area contributed by atoms with Crippen LogP contribution in [0.5, 0.6) is 0 Å². The van der Waals surface area contributed by atoms with Gasteiger partial charge in [0, 0.05) is 0 Å². The topological polar surface area (TPSA) is 17.1 Å². The summed E-state index contributed by atoms with van der Waals surface area (Å²) in [6.45, 7) is 4.37. The predicted molar refractivity (Wildman–Crippen MR) is 46.3 cm³/mol. The summed E-state index contributed by atoms with van der Waals surface area (Å²) in [6.07, 6.45) is 6.95. The first kappa shape index (κ1) is 8.25. The Labute approximate surface area is 67.8 Å². The van der Waals surface area contributed by atoms with Crippen LogP contribution in [0.1, 0.15) is 26.7 Å². The Morgan fingerprint density at radius 2 is 2.09 bits per heavy atom. The van der Waals surface area contributed by atoms with Crippen LogP contribution >= 0.6 is 0 Å². The lowest BCUT2D eigenvalue weighted by atomic mass is 9.92. The van der Waals surface area contributed by atoms with Gasteiger partial charge in [-0.3, -0.25) is 4.79 Å². The molecule has 0 bridgehead atoms. The first-order valence-corrected chi connectivity index (χ1v) is 4.09. The van der Waals surface area contributed by atoms with E-state index in [0.29, 0.717) is 5.92 Å². The van der Waals surface area contributed by atoms with Gasteiger partial charge in [0.25, 0.3) is 0 Å². The molecule has 11 heavy (non-hydrogen) atoms. The summed E-state index contributed by atoms with van der Waals surface area (Å²) in [5, 5.41) is 0. The highest BCUT2D eigenvalue weighted by molar-refractivity contribution is 5.74. The molecule has 0 radical (unpaired) electrons. The Morgan fingerprint density at radius 1 is 1.36 bits per heavy atom. The SMILES string of the molecule is CC(C)C1=CC=C(C=O)CC1. The fourth-order valence-electron chi connectivity index (χ4n) is 1.25. The molecule has 0 saturated carbocycles. The third-order valence-electron chi connectivity index (χ3n) is 2.11. The van der Waals surface area contributed by atoms with E-state index in [2.05, 4.69) is 19.9 Å². The maximum atomic E-state index is 10.3. The lowest BCUT2D eigenvalue weighted by molar-refractivity contribution is -0.105. The first-order valence-electron chi connectivity index (χ1n) is 4.09. The predicted octanol–water partition coefficient (Wildman–Crippen LogP) is 2.49. The average molecular weight is 150 g/mol. The van der Waals surface area contributed by atoms with Crippen molar-refractivity contribution in [3.8, 4) is 0 Å². The van der Waals surface area contributed by atoms with Gasteiger partial charge in [-0.05, 0) is 24.3 Å². The molecule has 0 spiro atoms. The molecule has 1 rings (SSSR count). The van der Waals surface area contributed by atoms with Crippen molar-refractivity contribution in [2.75, 3.05) is 0 Å². The van der Waals surface area contributed by atoms with Crippen molar-refractivity contribution >= 4 is 6.29 Å². The number of aldehydes is 1. The molecule has 0 aliphatic heterocycles. The van der Waals surface area contributed by atoms with Gasteiger partial charge in [0.15, 0.2) is 0 Å². The standard InChI is InChI=1S/C10H14O/c1-8(2)10-5-3-9(7-11)4-6-10/h3,5,7-8H,4,6H2,1-2H3. The molecular formula is C10H14O. The van der Waals surface area contributed by atoms with Gasteiger partial charge in [0.05, 0.1) is 0 Å². The smallest absolute Gasteiger partial charge is 0.146 e. The van der Waals surface area contributed by atoms with Crippen molar-refractivity contribution in [3.63, 3.8) is 0 Å². The number of allylic oxidation sites excluding steroid dienone is 4. The molecule has 0 amide bonds. The van der Waals surface area contributed by atoms with Crippen LogP contribution in [0.3, 0.4) is 0 Å². The lowest BCUT2D eigenvalue weighted by Gasteiger charge is -2.14. The quantitative estimate of drug-likeness (QED) is 0.553. The second-order valence-corrected chi connectivity index (χ2v) is 3.26. The second kappa shape index (κ2) is 3.51. The minimum absolute atomic E-state index is 0.624. The minimum Gasteiger partial charge on any atom is -0.298 e. The summed E-state index contributed by atoms with van der Waals surface area (Å²) in [5.41, 5.74) is 2.38. The molecule has 0 atom stereocenters. The van der Waals surface area contributed by atoms with Gasteiger partial charge in [0.1, 0.15) is 6.29 Å². The molecule has 0 N–H and O–H groups in total. The van der Waals surface area contributed by atoms with Gasteiger partial charge < -0.3 is 0 Å². The van der Waals surface area contributed by atoms with Gasteiger partial charge in [0.2, 0.25) is 0 Å². The van der Waals surface area contributed by atoms with Gasteiger partial charge in [-0.15, -0.1) is 0 Å². The van der Waals surface area contributed by atoms with Crippen molar-refractivity contribution in [3.05, 3.63) is 23.3 Å². The summed E-state index contributed by atoms with van der Waals surface area (Å²) < 4.78 is 0. The molecule has 0 saturated heterocycles. The Balaban J connectivity index is 2.69. The van der Waals surface area contributed by atoms with E-state index in [1.165, 1.54) is 5.57 Å². The zero-order valence-electron chi connectivity index (χ0n) is 7.13. The Kier molecular flexibility index (Phi) is 2.64. The first-order chi connectivity index (χ1) is 5.24. The highest BCUT2D eigenvalue weighted by Gasteiger charge is 2.07. The molecule has 0 aromatic heterocycles. The third kappa shape index (κ3) is 2.04. The van der Waals surface area contributed by atoms with E-state index in [0.717, 1.165) is 24.7 Å². The van der Waals surface area contributed by atoms with Gasteiger partial charge >= 0.3 is 0 Å². The molecular weight excluding hydrogens is 136 g/mol. The highest BCUT2D eigenvalue weighted by Crippen LogP contribution is 2.22. The van der Waals surface area contributed by atoms with E-state index in [1.807, 2.05) is 6.08 Å². The largest absolute Gasteiger partial charge is 0.298 e. The summed E-state index contributed by atoms with van der Waals surface area (Å²) in [7, 11) is 0. The Morgan fingerprint density at radius 3 is 2.45 bits per heavy atom. The van der Waals surface area contributed by atoms with Crippen LogP contribution in [0.2, 0.25) is 0 Å². The van der Waals surface area contributed by atoms with E-state index < -0.39 is 0 Å². The normalized spacial score (nSPS) is 17.7.